The fraction of sp³-hybridized carbons (Fsp3) is 0.982. The lowest BCUT2D eigenvalue weighted by Gasteiger charge is -2.21. The molecular weight excluding hydrogens is 739 g/mol. The summed E-state index contributed by atoms with van der Waals surface area (Å²) in [6, 6.07) is 0. The average Bonchev–Trinajstić information content (AvgIpc) is 3.24. The van der Waals surface area contributed by atoms with E-state index in [0.29, 0.717) is 25.6 Å². The van der Waals surface area contributed by atoms with Gasteiger partial charge >= 0.3 is 0 Å². The van der Waals surface area contributed by atoms with Crippen molar-refractivity contribution in [2.45, 2.75) is 296 Å². The number of ether oxygens (including phenoxy) is 2. The van der Waals surface area contributed by atoms with E-state index in [0.717, 1.165) is 25.4 Å². The van der Waals surface area contributed by atoms with E-state index in [2.05, 4.69) is 107 Å². The Morgan fingerprint density at radius 3 is 1.02 bits per heavy atom. The quantitative estimate of drug-likeness (QED) is 0.0502. The molecule has 0 aromatic carbocycles. The summed E-state index contributed by atoms with van der Waals surface area (Å²) in [7, 11) is 1.79. The van der Waals surface area contributed by atoms with Crippen LogP contribution in [0.4, 0.5) is 0 Å². The Bertz CT molecular complexity index is 585. The van der Waals surface area contributed by atoms with E-state index in [9.17, 15) is 4.79 Å². The normalized spacial score (nSPS) is 10.9. The average molecular weight is 863 g/mol. The molecule has 60 heavy (non-hydrogen) atoms. The zero-order chi connectivity index (χ0) is 47.0. The van der Waals surface area contributed by atoms with Gasteiger partial charge in [-0.25, -0.2) is 0 Å². The molecular formula is C55H123NO4. The van der Waals surface area contributed by atoms with Crippen LogP contribution in [0.1, 0.15) is 296 Å². The first-order valence-corrected chi connectivity index (χ1v) is 27.0. The molecule has 0 rings (SSSR count). The Balaban J connectivity index is -0.000000115. The Kier molecular flexibility index (Phi) is 101. The van der Waals surface area contributed by atoms with E-state index >= 15 is 0 Å². The molecule has 0 saturated heterocycles. The minimum Gasteiger partial charge on any atom is -0.468 e. The first-order chi connectivity index (χ1) is 29.1. The van der Waals surface area contributed by atoms with Gasteiger partial charge in [0.05, 0.1) is 6.61 Å². The minimum absolute atomic E-state index is 0.343. The maximum Gasteiger partial charge on any atom is 0.293 e. The van der Waals surface area contributed by atoms with Crippen molar-refractivity contribution in [1.29, 1.82) is 0 Å². The number of carbonyl (C=O) groups is 1. The smallest absolute Gasteiger partial charge is 0.293 e. The molecule has 0 aliphatic carbocycles. The lowest BCUT2D eigenvalue weighted by Crippen LogP contribution is -2.27. The largest absolute Gasteiger partial charge is 0.468 e. The molecule has 0 spiro atoms. The van der Waals surface area contributed by atoms with Crippen molar-refractivity contribution >= 4 is 6.47 Å². The molecule has 1 N–H and O–H groups in total. The number of aliphatic hydroxyl groups excluding tert-OH is 1. The Morgan fingerprint density at radius 1 is 0.417 bits per heavy atom. The minimum atomic E-state index is 0.343. The van der Waals surface area contributed by atoms with E-state index in [1.165, 1.54) is 206 Å². The molecule has 0 radical (unpaired) electrons. The number of methoxy groups -OCH3 is 1. The van der Waals surface area contributed by atoms with Gasteiger partial charge in [0.15, 0.2) is 0 Å². The predicted octanol–water partition coefficient (Wildman–Crippen LogP) is 18.6. The molecule has 0 bridgehead atoms. The van der Waals surface area contributed by atoms with Gasteiger partial charge in [0, 0.05) is 20.3 Å². The van der Waals surface area contributed by atoms with Crippen molar-refractivity contribution in [3.05, 3.63) is 0 Å². The second kappa shape index (κ2) is 82.1. The Labute approximate surface area is 383 Å². The fourth-order valence-electron chi connectivity index (χ4n) is 5.92. The molecule has 0 heterocycles. The lowest BCUT2D eigenvalue weighted by atomic mass is 10.0. The van der Waals surface area contributed by atoms with Crippen LogP contribution in [0.5, 0.6) is 0 Å². The number of hydrogen-bond donors (Lipinski definition) is 1. The molecule has 372 valence electrons. The summed E-state index contributed by atoms with van der Waals surface area (Å²) in [6.45, 7) is 36.9. The van der Waals surface area contributed by atoms with E-state index in [-0.39, 0.29) is 0 Å². The third-order valence-corrected chi connectivity index (χ3v) is 9.70. The monoisotopic (exact) mass is 862 g/mol. The second-order valence-corrected chi connectivity index (χ2v) is 17.4. The van der Waals surface area contributed by atoms with Crippen LogP contribution in [0.2, 0.25) is 0 Å². The molecule has 0 aromatic rings. The van der Waals surface area contributed by atoms with Gasteiger partial charge in [-0.2, -0.15) is 0 Å². The second-order valence-electron chi connectivity index (χ2n) is 17.4. The molecule has 5 nitrogen and oxygen atoms in total. The summed E-state index contributed by atoms with van der Waals surface area (Å²) in [4.78, 5) is 12.4. The highest BCUT2D eigenvalue weighted by Gasteiger charge is 2.03. The molecule has 0 aromatic heterocycles. The lowest BCUT2D eigenvalue weighted by molar-refractivity contribution is -0.129. The number of hydrogen-bond acceptors (Lipinski definition) is 5. The first kappa shape index (κ1) is 73.7. The summed E-state index contributed by atoms with van der Waals surface area (Å²) >= 11 is 0. The third kappa shape index (κ3) is 102. The highest BCUT2D eigenvalue weighted by atomic mass is 16.5. The summed E-state index contributed by atoms with van der Waals surface area (Å²) in [5, 5.41) is 8.71. The van der Waals surface area contributed by atoms with Crippen LogP contribution in [0.3, 0.4) is 0 Å². The topological polar surface area (TPSA) is 59.0 Å². The molecule has 0 saturated carbocycles. The molecule has 2 atom stereocenters. The van der Waals surface area contributed by atoms with Crippen LogP contribution >= 0.6 is 0 Å². The van der Waals surface area contributed by atoms with Gasteiger partial charge < -0.3 is 19.5 Å². The standard InChI is InChI=1S/C12H27NO.C12H26O.C10H20O2.C9H20.C6H14.2C3H8/c1-3-5-9-13(10-6-4-2)11-7-8-12-14;1-4-5-6-7-8-9-10-12(2)11-13-3;1-3-4-5-6-7-10(2)8-12-9-11;1-3-5-7-9-8-6-4-2;1-3-5-6-4-2;2*1-3-2/h14H,3-12H2,1-2H3;12H,4-11H2,1-3H3;9-10H,3-8H2,1-2H3;3-9H2,1-2H3;3-6H2,1-2H3;2*3H2,1-2H3. The maximum atomic E-state index is 9.86. The van der Waals surface area contributed by atoms with Gasteiger partial charge in [-0.15, -0.1) is 0 Å². The highest BCUT2D eigenvalue weighted by Crippen LogP contribution is 2.12. The number of nitrogens with zero attached hydrogens (tertiary/aromatic N) is 1. The third-order valence-electron chi connectivity index (χ3n) is 9.70. The van der Waals surface area contributed by atoms with E-state index in [4.69, 9.17) is 9.84 Å². The SMILES string of the molecule is CCC.CCC.CCCCCC.CCCCCCC(C)COC=O.CCCCCCCCC.CCCCCCCCC(C)COC.CCCCN(CCCC)CCCCO. The van der Waals surface area contributed by atoms with Gasteiger partial charge in [-0.3, -0.25) is 4.79 Å². The van der Waals surface area contributed by atoms with Crippen LogP contribution < -0.4 is 0 Å². The Morgan fingerprint density at radius 2 is 0.700 bits per heavy atom. The summed E-state index contributed by atoms with van der Waals surface area (Å²) in [5.74, 6) is 1.27. The van der Waals surface area contributed by atoms with Gasteiger partial charge in [0.2, 0.25) is 0 Å². The van der Waals surface area contributed by atoms with Gasteiger partial charge in [0.25, 0.3) is 6.47 Å². The van der Waals surface area contributed by atoms with Crippen molar-refractivity contribution < 1.29 is 19.4 Å². The van der Waals surface area contributed by atoms with Crippen LogP contribution in [0.15, 0.2) is 0 Å². The molecule has 0 aliphatic rings. The zero-order valence-corrected chi connectivity index (χ0v) is 45.0. The van der Waals surface area contributed by atoms with Gasteiger partial charge in [0.1, 0.15) is 0 Å². The van der Waals surface area contributed by atoms with Crippen molar-refractivity contribution in [3.8, 4) is 0 Å². The van der Waals surface area contributed by atoms with E-state index < -0.39 is 0 Å². The van der Waals surface area contributed by atoms with Crippen LogP contribution in [-0.2, 0) is 14.3 Å². The van der Waals surface area contributed by atoms with E-state index in [1.807, 2.05) is 0 Å². The van der Waals surface area contributed by atoms with Gasteiger partial charge in [-0.1, -0.05) is 257 Å². The molecule has 0 amide bonds. The van der Waals surface area contributed by atoms with Crippen molar-refractivity contribution in [2.24, 2.45) is 11.8 Å². The van der Waals surface area contributed by atoms with Crippen LogP contribution in [0.25, 0.3) is 0 Å². The van der Waals surface area contributed by atoms with Crippen molar-refractivity contribution in [3.63, 3.8) is 0 Å². The number of rotatable bonds is 36. The molecule has 0 fully saturated rings. The van der Waals surface area contributed by atoms with Gasteiger partial charge in [-0.05, 0) is 70.0 Å². The fourth-order valence-corrected chi connectivity index (χ4v) is 5.92. The molecule has 2 unspecified atom stereocenters. The van der Waals surface area contributed by atoms with Crippen LogP contribution in [0, 0.1) is 11.8 Å². The first-order valence-electron chi connectivity index (χ1n) is 27.0. The predicted molar refractivity (Wildman–Crippen MR) is 277 cm³/mol. The molecule has 0 aliphatic heterocycles. The van der Waals surface area contributed by atoms with Crippen LogP contribution in [-0.4, -0.2) is 63.0 Å². The maximum absolute atomic E-state index is 9.86. The van der Waals surface area contributed by atoms with Crippen molar-refractivity contribution in [1.82, 2.24) is 4.90 Å². The number of unbranched alkanes of at least 4 members (excludes halogenated alkanes) is 20. The highest BCUT2D eigenvalue weighted by molar-refractivity contribution is 5.36. The Hall–Kier alpha value is -0.650. The summed E-state index contributed by atoms with van der Waals surface area (Å²) in [5.41, 5.74) is 0. The summed E-state index contributed by atoms with van der Waals surface area (Å²) in [6.07, 6.45) is 41.4. The summed E-state index contributed by atoms with van der Waals surface area (Å²) < 4.78 is 9.77. The number of carbonyl (C=O) groups excluding carboxylic acids is 1. The number of aliphatic hydroxyl groups is 1. The zero-order valence-electron chi connectivity index (χ0n) is 45.0. The molecule has 5 heteroatoms. The van der Waals surface area contributed by atoms with E-state index in [1.54, 1.807) is 7.11 Å². The van der Waals surface area contributed by atoms with Crippen molar-refractivity contribution in [2.75, 3.05) is 46.6 Å².